The first kappa shape index (κ1) is 42.3. The average molecular weight is 821 g/mol. The monoisotopic (exact) mass is 820 g/mol. The number of rotatable bonds is 20. The van der Waals surface area contributed by atoms with Crippen molar-refractivity contribution >= 4 is 53.1 Å². The fourth-order valence-corrected chi connectivity index (χ4v) is 10.4. The summed E-state index contributed by atoms with van der Waals surface area (Å²) in [4.78, 5) is 96.5. The van der Waals surface area contributed by atoms with Crippen LogP contribution in [0.1, 0.15) is 57.6 Å². The molecule has 1 aromatic rings. The molecule has 3 fully saturated rings. The Kier molecular flexibility index (Phi) is 14.9. The maximum atomic E-state index is 12.1. The number of ether oxygens (including phenoxy) is 1. The molecular formula is C25H37N5O18P3S-3. The predicted octanol–water partition coefficient (Wildman–Crippen LogP) is -2.44. The minimum Gasteiger partial charge on any atom is -0.756 e. The molecule has 10 atom stereocenters. The Labute approximate surface area is 298 Å². The number of nitrogens with one attached hydrogen (secondary N) is 4. The summed E-state index contributed by atoms with van der Waals surface area (Å²) < 4.78 is 57.5. The number of amides is 3. The number of aromatic nitrogens is 2. The summed E-state index contributed by atoms with van der Waals surface area (Å²) in [6, 6.07) is 0.977. The van der Waals surface area contributed by atoms with E-state index in [2.05, 4.69) is 33.6 Å². The molecule has 0 aromatic carbocycles. The molecule has 6 N–H and O–H groups in total. The Morgan fingerprint density at radius 1 is 0.962 bits per heavy atom. The number of aliphatic hydroxyl groups excluding tert-OH is 2. The number of hydrogen-bond acceptors (Lipinski definition) is 19. The van der Waals surface area contributed by atoms with Gasteiger partial charge in [-0.05, 0) is 25.7 Å². The third kappa shape index (κ3) is 12.6. The van der Waals surface area contributed by atoms with E-state index in [1.807, 2.05) is 4.98 Å². The van der Waals surface area contributed by atoms with Gasteiger partial charge in [-0.1, -0.05) is 12.8 Å². The van der Waals surface area contributed by atoms with Crippen molar-refractivity contribution in [2.45, 2.75) is 93.2 Å². The van der Waals surface area contributed by atoms with Crippen molar-refractivity contribution in [2.75, 3.05) is 18.9 Å². The molecule has 52 heavy (non-hydrogen) atoms. The third-order valence-electron chi connectivity index (χ3n) is 7.93. The Bertz CT molecular complexity index is 1710. The highest BCUT2D eigenvalue weighted by molar-refractivity contribution is 8.00. The average Bonchev–Trinajstić information content (AvgIpc) is 3.66. The molecule has 7 unspecified atom stereocenters. The minimum atomic E-state index is -6.32. The van der Waals surface area contributed by atoms with Crippen molar-refractivity contribution < 1.29 is 75.4 Å². The normalized spacial score (nSPS) is 28.9. The van der Waals surface area contributed by atoms with Crippen molar-refractivity contribution in [3.05, 3.63) is 33.1 Å². The molecule has 0 aliphatic carbocycles. The molecule has 0 radical (unpaired) electrons. The lowest BCUT2D eigenvalue weighted by Crippen LogP contribution is -2.37. The van der Waals surface area contributed by atoms with E-state index in [4.69, 9.17) is 4.74 Å². The third-order valence-corrected chi connectivity index (χ3v) is 13.5. The summed E-state index contributed by atoms with van der Waals surface area (Å²) in [6.07, 6.45) is -3.15. The van der Waals surface area contributed by atoms with Gasteiger partial charge in [-0.2, -0.15) is 11.8 Å². The van der Waals surface area contributed by atoms with E-state index in [9.17, 15) is 62.6 Å². The van der Waals surface area contributed by atoms with Gasteiger partial charge in [0.15, 0.2) is 6.23 Å². The van der Waals surface area contributed by atoms with Gasteiger partial charge in [0, 0.05) is 42.7 Å². The molecule has 3 saturated heterocycles. The zero-order valence-electron chi connectivity index (χ0n) is 27.1. The van der Waals surface area contributed by atoms with Gasteiger partial charge in [0.1, 0.15) is 18.3 Å². The number of unbranched alkanes of at least 4 members (excludes halogenated alkanes) is 3. The molecule has 4 heterocycles. The lowest BCUT2D eigenvalue weighted by molar-refractivity contribution is -0.251. The largest absolute Gasteiger partial charge is 0.756 e. The lowest BCUT2D eigenvalue weighted by Gasteiger charge is -2.34. The number of fused-ring (bicyclic) bond motifs is 1. The van der Waals surface area contributed by atoms with Gasteiger partial charge in [0.2, 0.25) is 5.91 Å². The number of aromatic amines is 1. The number of H-pyrrole nitrogens is 1. The van der Waals surface area contributed by atoms with Crippen LogP contribution in [0.15, 0.2) is 21.9 Å². The molecule has 27 heteroatoms. The summed E-state index contributed by atoms with van der Waals surface area (Å²) in [6.45, 7) is -0.921. The van der Waals surface area contributed by atoms with Crippen molar-refractivity contribution in [3.63, 3.8) is 0 Å². The first-order chi connectivity index (χ1) is 24.3. The Hall–Kier alpha value is -2.43. The van der Waals surface area contributed by atoms with Crippen LogP contribution in [0, 0.1) is 0 Å². The van der Waals surface area contributed by atoms with Crippen molar-refractivity contribution in [1.29, 1.82) is 0 Å². The molecule has 3 aliphatic heterocycles. The topological polar surface area (TPSA) is 349 Å². The number of phosphoric ester groups is 2. The van der Waals surface area contributed by atoms with E-state index in [0.29, 0.717) is 35.5 Å². The molecule has 23 nitrogen and oxygen atoms in total. The van der Waals surface area contributed by atoms with E-state index in [1.165, 1.54) is 0 Å². The highest BCUT2D eigenvalue weighted by atomic mass is 32.2. The number of thioether (sulfide) groups is 1. The van der Waals surface area contributed by atoms with Gasteiger partial charge in [0.25, 0.3) is 21.2 Å². The van der Waals surface area contributed by atoms with Crippen LogP contribution < -0.4 is 41.9 Å². The van der Waals surface area contributed by atoms with Crippen molar-refractivity contribution in [2.24, 2.45) is 0 Å². The summed E-state index contributed by atoms with van der Waals surface area (Å²) in [5.41, 5.74) is -1.84. The van der Waals surface area contributed by atoms with Crippen LogP contribution in [0.25, 0.3) is 0 Å². The van der Waals surface area contributed by atoms with Gasteiger partial charge >= 0.3 is 25.5 Å². The van der Waals surface area contributed by atoms with Crippen LogP contribution in [-0.4, -0.2) is 92.2 Å². The first-order valence-electron chi connectivity index (χ1n) is 15.9. The van der Waals surface area contributed by atoms with E-state index < -0.39 is 78.3 Å². The summed E-state index contributed by atoms with van der Waals surface area (Å²) in [7, 11) is -18.3. The van der Waals surface area contributed by atoms with E-state index in [0.717, 1.165) is 30.9 Å². The van der Waals surface area contributed by atoms with E-state index in [1.54, 1.807) is 11.8 Å². The number of carbonyl (C=O) groups is 3. The van der Waals surface area contributed by atoms with Gasteiger partial charge < -0.3 is 54.6 Å². The molecule has 294 valence electrons. The zero-order valence-corrected chi connectivity index (χ0v) is 30.6. The summed E-state index contributed by atoms with van der Waals surface area (Å²) in [5, 5.41) is 29.2. The molecule has 1 aromatic heterocycles. The van der Waals surface area contributed by atoms with Gasteiger partial charge in [-0.25, -0.2) is 18.2 Å². The van der Waals surface area contributed by atoms with Crippen molar-refractivity contribution in [3.8, 4) is 0 Å². The van der Waals surface area contributed by atoms with Crippen LogP contribution in [0.3, 0.4) is 0 Å². The second kappa shape index (κ2) is 18.3. The second-order valence-corrected chi connectivity index (χ2v) is 17.6. The number of aliphatic hydroxyl groups is 2. The maximum absolute atomic E-state index is 12.1. The SMILES string of the molecule is O=C(CCCCC1SCC2NC(=O)NC21)NCCCCCC(=O)OP(=O)([O-])OP(=O)([O-])OP(=O)([O-])OC[C@H]1O[C@@H](n2ccc(=O)[nH]c2=O)C(O)[C@H]1O. The van der Waals surface area contributed by atoms with Gasteiger partial charge in [-0.15, -0.1) is 0 Å². The first-order valence-corrected chi connectivity index (χ1v) is 21.3. The van der Waals surface area contributed by atoms with Crippen LogP contribution in [0.4, 0.5) is 4.79 Å². The fourth-order valence-electron chi connectivity index (χ4n) is 5.52. The number of nitrogens with zero attached hydrogens (tertiary/aromatic N) is 1. The van der Waals surface area contributed by atoms with Crippen LogP contribution in [0.2, 0.25) is 0 Å². The Morgan fingerprint density at radius 2 is 1.67 bits per heavy atom. The zero-order chi connectivity index (χ0) is 38.3. The molecule has 4 rings (SSSR count). The molecule has 3 amide bonds. The molecule has 0 bridgehead atoms. The second-order valence-electron chi connectivity index (χ2n) is 11.9. The molecule has 0 spiro atoms. The molecule has 0 saturated carbocycles. The van der Waals surface area contributed by atoms with Crippen LogP contribution in [0.5, 0.6) is 0 Å². The number of urea groups is 1. The fraction of sp³-hybridized carbons (Fsp3) is 0.720. The molecular weight excluding hydrogens is 783 g/mol. The standard InChI is InChI=1S/C25H40N5O18P3S/c31-17(7-4-3-6-16-20-14(13-52-16)27-24(36)29-20)26-10-5-1-2-8-19(33)46-50(40,41)48-51(42,43)47-49(38,39)44-12-15-21(34)22(35)23(45-15)30-11-9-18(32)28-25(30)37/h9,11,14-16,20-23,34-35H,1-8,10,12-13H2,(H,26,31)(H,38,39)(H,40,41)(H,42,43)(H2,27,29,36)(H,28,32,37)/p-3/t14?,15-,16?,20?,21+,22?,23-/m1/s1. The Balaban J connectivity index is 1.08. The Morgan fingerprint density at radius 3 is 2.40 bits per heavy atom. The highest BCUT2D eigenvalue weighted by Gasteiger charge is 2.45. The minimum absolute atomic E-state index is 0.0813. The number of phosphoric acid groups is 3. The number of carbonyl (C=O) groups excluding carboxylic acids is 3. The quantitative estimate of drug-likeness (QED) is 0.0452. The lowest BCUT2D eigenvalue weighted by atomic mass is 10.0. The van der Waals surface area contributed by atoms with Crippen LogP contribution in [-0.2, 0) is 45.7 Å². The highest BCUT2D eigenvalue weighted by Crippen LogP contribution is 2.63. The molecule has 3 aliphatic rings. The van der Waals surface area contributed by atoms with E-state index in [-0.39, 0.29) is 37.0 Å². The predicted molar refractivity (Wildman–Crippen MR) is 170 cm³/mol. The van der Waals surface area contributed by atoms with Gasteiger partial charge in [-0.3, -0.25) is 37.6 Å². The van der Waals surface area contributed by atoms with Crippen LogP contribution >= 0.6 is 35.2 Å². The number of hydrogen-bond donors (Lipinski definition) is 6. The summed E-state index contributed by atoms with van der Waals surface area (Å²) in [5.74, 6) is -0.732. The smallest absolute Gasteiger partial charge is 0.330 e. The van der Waals surface area contributed by atoms with E-state index >= 15 is 0 Å². The van der Waals surface area contributed by atoms with Gasteiger partial charge in [0.05, 0.1) is 18.7 Å². The summed E-state index contributed by atoms with van der Waals surface area (Å²) >= 11 is 1.79. The van der Waals surface area contributed by atoms with Crippen molar-refractivity contribution in [1.82, 2.24) is 25.5 Å². The maximum Gasteiger partial charge on any atom is 0.330 e.